The number of nitrogens with one attached hydrogen (secondary N) is 2. The third-order valence-corrected chi connectivity index (χ3v) is 4.68. The van der Waals surface area contributed by atoms with Crippen molar-refractivity contribution >= 4 is 11.6 Å². The SMILES string of the molecule is CCOc1cc(NC(=NC)NCC(C)N2CCN(C)CC2)ccc1OC. The van der Waals surface area contributed by atoms with Crippen LogP contribution in [0, 0.1) is 0 Å². The highest BCUT2D eigenvalue weighted by Crippen LogP contribution is 2.30. The number of anilines is 1. The molecule has 1 aliphatic rings. The predicted octanol–water partition coefficient (Wildman–Crippen LogP) is 1.72. The van der Waals surface area contributed by atoms with Gasteiger partial charge < -0.3 is 25.0 Å². The molecule has 0 bridgehead atoms. The molecule has 0 amide bonds. The summed E-state index contributed by atoms with van der Waals surface area (Å²) in [5, 5.41) is 6.74. The largest absolute Gasteiger partial charge is 0.493 e. The lowest BCUT2D eigenvalue weighted by Crippen LogP contribution is -2.51. The van der Waals surface area contributed by atoms with Crippen LogP contribution in [0.5, 0.6) is 11.5 Å². The molecule has 1 heterocycles. The Bertz CT molecular complexity index is 585. The second-order valence-corrected chi connectivity index (χ2v) is 6.57. The zero-order valence-electron chi connectivity index (χ0n) is 16.7. The monoisotopic (exact) mass is 363 g/mol. The maximum absolute atomic E-state index is 5.63. The maximum Gasteiger partial charge on any atom is 0.195 e. The van der Waals surface area contributed by atoms with Crippen LogP contribution in [0.15, 0.2) is 23.2 Å². The van der Waals surface area contributed by atoms with Crippen molar-refractivity contribution in [2.75, 3.05) is 65.9 Å². The predicted molar refractivity (Wildman–Crippen MR) is 108 cm³/mol. The highest BCUT2D eigenvalue weighted by Gasteiger charge is 2.19. The molecule has 1 aromatic rings. The molecule has 2 N–H and O–H groups in total. The van der Waals surface area contributed by atoms with Gasteiger partial charge in [-0.2, -0.15) is 0 Å². The summed E-state index contributed by atoms with van der Waals surface area (Å²) in [5.41, 5.74) is 0.912. The smallest absolute Gasteiger partial charge is 0.195 e. The first-order chi connectivity index (χ1) is 12.6. The fourth-order valence-corrected chi connectivity index (χ4v) is 2.97. The van der Waals surface area contributed by atoms with E-state index in [2.05, 4.69) is 39.4 Å². The quantitative estimate of drug-likeness (QED) is 0.568. The lowest BCUT2D eigenvalue weighted by molar-refractivity contribution is 0.120. The van der Waals surface area contributed by atoms with Crippen LogP contribution in [0.3, 0.4) is 0 Å². The summed E-state index contributed by atoms with van der Waals surface area (Å²) in [6.07, 6.45) is 0. The van der Waals surface area contributed by atoms with Crippen molar-refractivity contribution in [3.8, 4) is 11.5 Å². The first kappa shape index (κ1) is 20.3. The van der Waals surface area contributed by atoms with Crippen LogP contribution in [0.2, 0.25) is 0 Å². The molecular formula is C19H33N5O2. The molecule has 146 valence electrons. The Hall–Kier alpha value is -1.99. The third-order valence-electron chi connectivity index (χ3n) is 4.68. The maximum atomic E-state index is 5.63. The molecule has 1 saturated heterocycles. The summed E-state index contributed by atoms with van der Waals surface area (Å²) >= 11 is 0. The van der Waals surface area contributed by atoms with Gasteiger partial charge in [-0.05, 0) is 33.0 Å². The fourth-order valence-electron chi connectivity index (χ4n) is 2.97. The normalized spacial score (nSPS) is 17.7. The van der Waals surface area contributed by atoms with Gasteiger partial charge in [-0.25, -0.2) is 0 Å². The molecule has 1 aliphatic heterocycles. The van der Waals surface area contributed by atoms with Crippen molar-refractivity contribution in [1.29, 1.82) is 0 Å². The van der Waals surface area contributed by atoms with Crippen LogP contribution in [0.25, 0.3) is 0 Å². The van der Waals surface area contributed by atoms with E-state index in [0.717, 1.165) is 55.9 Å². The van der Waals surface area contributed by atoms with Gasteiger partial charge in [-0.3, -0.25) is 9.89 Å². The Labute approximate surface area is 157 Å². The molecule has 1 aromatic carbocycles. The fraction of sp³-hybridized carbons (Fsp3) is 0.632. The van der Waals surface area contributed by atoms with Crippen LogP contribution in [-0.4, -0.2) is 82.3 Å². The van der Waals surface area contributed by atoms with Gasteiger partial charge in [0.2, 0.25) is 0 Å². The van der Waals surface area contributed by atoms with Crippen LogP contribution >= 0.6 is 0 Å². The molecule has 7 heteroatoms. The molecular weight excluding hydrogens is 330 g/mol. The number of methoxy groups -OCH3 is 1. The molecule has 0 radical (unpaired) electrons. The lowest BCUT2D eigenvalue weighted by Gasteiger charge is -2.36. The van der Waals surface area contributed by atoms with Gasteiger partial charge in [0.25, 0.3) is 0 Å². The number of aliphatic imine (C=N–C) groups is 1. The molecule has 0 aliphatic carbocycles. The highest BCUT2D eigenvalue weighted by atomic mass is 16.5. The third kappa shape index (κ3) is 5.78. The van der Waals surface area contributed by atoms with E-state index in [0.29, 0.717) is 12.6 Å². The number of rotatable bonds is 7. The zero-order valence-corrected chi connectivity index (χ0v) is 16.7. The first-order valence-corrected chi connectivity index (χ1v) is 9.28. The van der Waals surface area contributed by atoms with E-state index in [4.69, 9.17) is 9.47 Å². The van der Waals surface area contributed by atoms with Gasteiger partial charge in [-0.1, -0.05) is 0 Å². The van der Waals surface area contributed by atoms with E-state index in [1.807, 2.05) is 25.1 Å². The number of likely N-dealkylation sites (N-methyl/N-ethyl adjacent to an activating group) is 1. The van der Waals surface area contributed by atoms with E-state index in [1.165, 1.54) is 0 Å². The van der Waals surface area contributed by atoms with E-state index in [1.54, 1.807) is 14.2 Å². The number of ether oxygens (including phenoxy) is 2. The van der Waals surface area contributed by atoms with Gasteiger partial charge in [0.05, 0.1) is 13.7 Å². The summed E-state index contributed by atoms with van der Waals surface area (Å²) < 4.78 is 11.0. The molecule has 7 nitrogen and oxygen atoms in total. The molecule has 0 aromatic heterocycles. The van der Waals surface area contributed by atoms with Gasteiger partial charge in [0.15, 0.2) is 17.5 Å². The van der Waals surface area contributed by atoms with Crippen molar-refractivity contribution in [2.45, 2.75) is 19.9 Å². The first-order valence-electron chi connectivity index (χ1n) is 9.28. The van der Waals surface area contributed by atoms with Crippen LogP contribution < -0.4 is 20.1 Å². The number of piperazine rings is 1. The molecule has 1 fully saturated rings. The average molecular weight is 364 g/mol. The molecule has 1 atom stereocenters. The van der Waals surface area contributed by atoms with Crippen molar-refractivity contribution in [3.05, 3.63) is 18.2 Å². The van der Waals surface area contributed by atoms with Crippen molar-refractivity contribution in [1.82, 2.24) is 15.1 Å². The molecule has 0 spiro atoms. The lowest BCUT2D eigenvalue weighted by atomic mass is 10.2. The molecule has 1 unspecified atom stereocenters. The zero-order chi connectivity index (χ0) is 18.9. The van der Waals surface area contributed by atoms with E-state index in [9.17, 15) is 0 Å². The Morgan fingerprint density at radius 1 is 1.23 bits per heavy atom. The van der Waals surface area contributed by atoms with Crippen molar-refractivity contribution < 1.29 is 9.47 Å². The minimum absolute atomic E-state index is 0.456. The van der Waals surface area contributed by atoms with Gasteiger partial charge in [0.1, 0.15) is 0 Å². The van der Waals surface area contributed by atoms with Gasteiger partial charge in [-0.15, -0.1) is 0 Å². The van der Waals surface area contributed by atoms with E-state index >= 15 is 0 Å². The summed E-state index contributed by atoms with van der Waals surface area (Å²) in [6.45, 7) is 10.1. The van der Waals surface area contributed by atoms with Gasteiger partial charge in [0, 0.05) is 57.6 Å². The second-order valence-electron chi connectivity index (χ2n) is 6.57. The molecule has 0 saturated carbocycles. The standard InChI is InChI=1S/C19H33N5O2/c1-6-26-18-13-16(7-8-17(18)25-5)22-19(20-3)21-14-15(2)24-11-9-23(4)10-12-24/h7-8,13,15H,6,9-12,14H2,1-5H3,(H2,20,21,22). The minimum atomic E-state index is 0.456. The molecule has 26 heavy (non-hydrogen) atoms. The summed E-state index contributed by atoms with van der Waals surface area (Å²) in [7, 11) is 5.60. The van der Waals surface area contributed by atoms with Crippen LogP contribution in [-0.2, 0) is 0 Å². The van der Waals surface area contributed by atoms with Crippen LogP contribution in [0.4, 0.5) is 5.69 Å². The molecule has 2 rings (SSSR count). The Morgan fingerprint density at radius 2 is 1.96 bits per heavy atom. The second kappa shape index (κ2) is 10.2. The van der Waals surface area contributed by atoms with Crippen molar-refractivity contribution in [3.63, 3.8) is 0 Å². The van der Waals surface area contributed by atoms with Gasteiger partial charge >= 0.3 is 0 Å². The average Bonchev–Trinajstić information content (AvgIpc) is 2.66. The Kier molecular flexibility index (Phi) is 8.00. The Morgan fingerprint density at radius 3 is 2.58 bits per heavy atom. The summed E-state index contributed by atoms with van der Waals surface area (Å²) in [5.74, 6) is 2.20. The summed E-state index contributed by atoms with van der Waals surface area (Å²) in [4.78, 5) is 9.21. The number of guanidine groups is 1. The topological polar surface area (TPSA) is 61.4 Å². The van der Waals surface area contributed by atoms with E-state index in [-0.39, 0.29) is 0 Å². The highest BCUT2D eigenvalue weighted by molar-refractivity contribution is 5.93. The number of nitrogens with zero attached hydrogens (tertiary/aromatic N) is 3. The number of hydrogen-bond acceptors (Lipinski definition) is 5. The Balaban J connectivity index is 1.90. The van der Waals surface area contributed by atoms with E-state index < -0.39 is 0 Å². The van der Waals surface area contributed by atoms with Crippen LogP contribution in [0.1, 0.15) is 13.8 Å². The minimum Gasteiger partial charge on any atom is -0.493 e. The number of benzene rings is 1. The number of hydrogen-bond donors (Lipinski definition) is 2. The van der Waals surface area contributed by atoms with Crippen molar-refractivity contribution in [2.24, 2.45) is 4.99 Å². The summed E-state index contributed by atoms with van der Waals surface area (Å²) in [6, 6.07) is 6.24.